The number of anilines is 1. The zero-order valence-corrected chi connectivity index (χ0v) is 22.8. The van der Waals surface area contributed by atoms with Crippen molar-refractivity contribution in [1.29, 1.82) is 0 Å². The molecule has 0 bridgehead atoms. The summed E-state index contributed by atoms with van der Waals surface area (Å²) >= 11 is 3.20. The predicted molar refractivity (Wildman–Crippen MR) is 148 cm³/mol. The number of imide groups is 1. The maximum absolute atomic E-state index is 13.9. The van der Waals surface area contributed by atoms with E-state index in [0.717, 1.165) is 4.90 Å². The third kappa shape index (κ3) is 3.91. The van der Waals surface area contributed by atoms with Crippen molar-refractivity contribution >= 4 is 57.6 Å². The molecule has 0 unspecified atom stereocenters. The Balaban J connectivity index is 1.48. The molecule has 40 heavy (non-hydrogen) atoms. The Labute approximate surface area is 237 Å². The van der Waals surface area contributed by atoms with Crippen LogP contribution in [0.5, 0.6) is 11.5 Å². The molecule has 1 fully saturated rings. The molecule has 0 aromatic heterocycles. The molecule has 1 heterocycles. The largest absolute Gasteiger partial charge is 0.507 e. The van der Waals surface area contributed by atoms with Crippen LogP contribution in [0.2, 0.25) is 0 Å². The van der Waals surface area contributed by atoms with Crippen molar-refractivity contribution in [2.45, 2.75) is 18.8 Å². The van der Waals surface area contributed by atoms with Gasteiger partial charge in [-0.15, -0.1) is 0 Å². The number of amides is 2. The summed E-state index contributed by atoms with van der Waals surface area (Å²) in [5.74, 6) is -4.17. The number of phenols is 1. The van der Waals surface area contributed by atoms with Crippen LogP contribution in [0.4, 0.5) is 5.69 Å². The van der Waals surface area contributed by atoms with Crippen molar-refractivity contribution in [1.82, 2.24) is 0 Å². The molecule has 2 amide bonds. The number of fused-ring (bicyclic) bond motifs is 3. The maximum atomic E-state index is 13.9. The number of carbonyl (C=O) groups excluding carboxylic acids is 4. The van der Waals surface area contributed by atoms with Crippen LogP contribution in [0.3, 0.4) is 0 Å². The van der Waals surface area contributed by atoms with Gasteiger partial charge in [-0.3, -0.25) is 24.1 Å². The zero-order valence-electron chi connectivity index (χ0n) is 21.2. The number of phenolic OH excluding ortho intramolecular Hbond substituents is 1. The number of carbonyl (C=O) groups is 4. The van der Waals surface area contributed by atoms with E-state index in [-0.39, 0.29) is 56.9 Å². The fourth-order valence-electron chi connectivity index (χ4n) is 6.54. The highest BCUT2D eigenvalue weighted by molar-refractivity contribution is 9.12. The van der Waals surface area contributed by atoms with Gasteiger partial charge in [0.05, 0.1) is 29.1 Å². The van der Waals surface area contributed by atoms with Gasteiger partial charge in [0.25, 0.3) is 0 Å². The fraction of sp³-hybridized carbons (Fsp3) is 0.241. The number of halogens is 1. The second kappa shape index (κ2) is 9.69. The van der Waals surface area contributed by atoms with Gasteiger partial charge >= 0.3 is 7.12 Å². The molecule has 3 N–H and O–H groups in total. The molecule has 0 saturated carbocycles. The van der Waals surface area contributed by atoms with Gasteiger partial charge in [0, 0.05) is 34.8 Å². The maximum Gasteiger partial charge on any atom is 0.488 e. The molecular formula is C29H23BBrNO8. The van der Waals surface area contributed by atoms with Crippen molar-refractivity contribution in [2.24, 2.45) is 17.8 Å². The molecule has 11 heteroatoms. The van der Waals surface area contributed by atoms with E-state index in [1.54, 1.807) is 18.2 Å². The second-order valence-electron chi connectivity index (χ2n) is 10.3. The number of Topliss-reactive ketones (excluding diaryl/α,β-unsaturated/α-hetero) is 1. The lowest BCUT2D eigenvalue weighted by Gasteiger charge is -2.42. The minimum atomic E-state index is -1.77. The van der Waals surface area contributed by atoms with Crippen molar-refractivity contribution < 1.29 is 39.1 Å². The van der Waals surface area contributed by atoms with E-state index >= 15 is 0 Å². The normalized spacial score (nSPS) is 25.8. The van der Waals surface area contributed by atoms with Gasteiger partial charge in [-0.2, -0.15) is 0 Å². The van der Waals surface area contributed by atoms with Crippen LogP contribution in [-0.4, -0.2) is 52.8 Å². The van der Waals surface area contributed by atoms with E-state index in [0.29, 0.717) is 16.9 Å². The average Bonchev–Trinajstić information content (AvgIpc) is 3.20. The average molecular weight is 604 g/mol. The number of ether oxygens (including phenoxy) is 1. The lowest BCUT2D eigenvalue weighted by molar-refractivity contribution is -0.123. The van der Waals surface area contributed by atoms with Gasteiger partial charge < -0.3 is 19.9 Å². The molecular weight excluding hydrogens is 581 g/mol. The molecule has 202 valence electrons. The van der Waals surface area contributed by atoms with E-state index in [9.17, 15) is 34.3 Å². The first kappa shape index (κ1) is 26.4. The minimum absolute atomic E-state index is 0.0888. The van der Waals surface area contributed by atoms with Gasteiger partial charge in [-0.25, -0.2) is 0 Å². The predicted octanol–water partition coefficient (Wildman–Crippen LogP) is 2.05. The quantitative estimate of drug-likeness (QED) is 0.209. The van der Waals surface area contributed by atoms with Crippen molar-refractivity contribution in [2.75, 3.05) is 12.0 Å². The Morgan fingerprint density at radius 2 is 1.80 bits per heavy atom. The van der Waals surface area contributed by atoms with Gasteiger partial charge in [0.15, 0.2) is 11.6 Å². The van der Waals surface area contributed by atoms with Crippen LogP contribution in [-0.2, 0) is 19.2 Å². The number of benzene rings is 2. The van der Waals surface area contributed by atoms with Crippen molar-refractivity contribution in [3.63, 3.8) is 0 Å². The van der Waals surface area contributed by atoms with Crippen molar-refractivity contribution in [3.8, 4) is 11.5 Å². The second-order valence-corrected chi connectivity index (χ2v) is 11.2. The number of hydrogen-bond acceptors (Lipinski definition) is 8. The van der Waals surface area contributed by atoms with Gasteiger partial charge in [0.1, 0.15) is 11.5 Å². The Hall–Kier alpha value is -3.80. The number of ketones is 2. The summed E-state index contributed by atoms with van der Waals surface area (Å²) in [7, 11) is -0.307. The first-order valence-electron chi connectivity index (χ1n) is 12.7. The van der Waals surface area contributed by atoms with Gasteiger partial charge in [0.2, 0.25) is 11.8 Å². The molecule has 1 aliphatic heterocycles. The number of aromatic hydroxyl groups is 1. The summed E-state index contributed by atoms with van der Waals surface area (Å²) in [5.41, 5.74) is 1.98. The Kier molecular flexibility index (Phi) is 6.40. The molecule has 1 saturated heterocycles. The topological polar surface area (TPSA) is 141 Å². The number of methoxy groups -OCH3 is 1. The molecule has 2 aromatic rings. The summed E-state index contributed by atoms with van der Waals surface area (Å²) in [6, 6.07) is 10.7. The third-order valence-electron chi connectivity index (χ3n) is 8.31. The lowest BCUT2D eigenvalue weighted by Crippen LogP contribution is -2.39. The lowest BCUT2D eigenvalue weighted by atomic mass is 9.59. The summed E-state index contributed by atoms with van der Waals surface area (Å²) < 4.78 is 5.33. The molecule has 6 rings (SSSR count). The van der Waals surface area contributed by atoms with Crippen LogP contribution in [0.25, 0.3) is 0 Å². The van der Waals surface area contributed by atoms with E-state index in [1.807, 2.05) is 6.08 Å². The highest BCUT2D eigenvalue weighted by atomic mass is 79.9. The third-order valence-corrected chi connectivity index (χ3v) is 8.90. The SMILES string of the molecule is COc1ccc([C@H]2C3=CC[C@@H]4C(=O)N(c5cccc(B(O)O)c5)C(=O)[C@@H]4[C@@H]3CC3=C2C(=O)C=C(Br)C3=O)c(O)c1. The van der Waals surface area contributed by atoms with E-state index < -0.39 is 42.6 Å². The summed E-state index contributed by atoms with van der Waals surface area (Å²) in [4.78, 5) is 55.3. The van der Waals surface area contributed by atoms with Crippen LogP contribution < -0.4 is 15.1 Å². The number of hydrogen-bond donors (Lipinski definition) is 3. The Bertz CT molecular complexity index is 1610. The summed E-state index contributed by atoms with van der Waals surface area (Å²) in [5, 5.41) is 30.2. The molecule has 4 aliphatic rings. The van der Waals surface area contributed by atoms with Gasteiger partial charge in [-0.05, 0) is 58.4 Å². The molecule has 4 atom stereocenters. The van der Waals surface area contributed by atoms with Gasteiger partial charge in [-0.1, -0.05) is 29.8 Å². The fourth-order valence-corrected chi connectivity index (χ4v) is 6.98. The van der Waals surface area contributed by atoms with Crippen LogP contribution in [0, 0.1) is 17.8 Å². The first-order chi connectivity index (χ1) is 19.1. The Morgan fingerprint density at radius 1 is 1.02 bits per heavy atom. The number of nitrogens with zero attached hydrogens (tertiary/aromatic N) is 1. The summed E-state index contributed by atoms with van der Waals surface area (Å²) in [6.45, 7) is 0. The molecule has 2 aromatic carbocycles. The van der Waals surface area contributed by atoms with Crippen LogP contribution in [0.1, 0.15) is 24.3 Å². The monoisotopic (exact) mass is 603 g/mol. The standard InChI is InChI=1S/C29H23BBrNO8/c1-40-15-5-6-17(22(33)10-15)24-16-7-8-18-25(19(16)11-20-26(24)23(34)12-21(31)27(20)35)29(37)32(28(18)36)14-4-2-3-13(9-14)30(38)39/h2-7,9-10,12,18-19,24-25,33,38-39H,8,11H2,1H3/t18-,19+,24+,25-/m0/s1. The highest BCUT2D eigenvalue weighted by Crippen LogP contribution is 2.56. The molecule has 0 radical (unpaired) electrons. The van der Waals surface area contributed by atoms with Crippen LogP contribution in [0.15, 0.2) is 75.8 Å². The molecule has 0 spiro atoms. The molecule has 9 nitrogen and oxygen atoms in total. The van der Waals surface area contributed by atoms with Crippen molar-refractivity contribution in [3.05, 3.63) is 81.4 Å². The summed E-state index contributed by atoms with van der Waals surface area (Å²) in [6.07, 6.45) is 3.41. The highest BCUT2D eigenvalue weighted by Gasteiger charge is 2.57. The van der Waals surface area contributed by atoms with E-state index in [1.165, 1.54) is 37.5 Å². The smallest absolute Gasteiger partial charge is 0.488 e. The zero-order chi connectivity index (χ0) is 28.5. The van der Waals surface area contributed by atoms with E-state index in [4.69, 9.17) is 4.74 Å². The first-order valence-corrected chi connectivity index (χ1v) is 13.5. The molecule has 3 aliphatic carbocycles. The number of rotatable bonds is 4. The van der Waals surface area contributed by atoms with Crippen LogP contribution >= 0.6 is 15.9 Å². The Morgan fingerprint density at radius 3 is 2.50 bits per heavy atom. The minimum Gasteiger partial charge on any atom is -0.507 e. The van der Waals surface area contributed by atoms with E-state index in [2.05, 4.69) is 15.9 Å². The number of allylic oxidation sites excluding steroid dienone is 6.